The average Bonchev–Trinajstić information content (AvgIpc) is 2.95. The molecule has 0 aliphatic carbocycles. The third-order valence-electron chi connectivity index (χ3n) is 3.92. The van der Waals surface area contributed by atoms with Crippen LogP contribution in [-0.2, 0) is 0 Å². The van der Waals surface area contributed by atoms with Crippen molar-refractivity contribution in [3.63, 3.8) is 0 Å². The standard InChI is InChI=1S/C18H20N2O2/c1-4-15(21)18-17(13-8-6-9-14(11-13)22-3)19-16-10-5-7-12(2)20(16)18/h5-11,15,21H,4H2,1-3H3. The summed E-state index contributed by atoms with van der Waals surface area (Å²) in [6.45, 7) is 3.99. The van der Waals surface area contributed by atoms with Gasteiger partial charge in [-0.3, -0.25) is 4.40 Å². The average molecular weight is 296 g/mol. The molecule has 2 aromatic heterocycles. The molecule has 0 bridgehead atoms. The molecule has 1 aromatic carbocycles. The molecule has 3 aromatic rings. The monoisotopic (exact) mass is 296 g/mol. The molecular formula is C18H20N2O2. The van der Waals surface area contributed by atoms with E-state index in [0.29, 0.717) is 6.42 Å². The number of aliphatic hydroxyl groups excluding tert-OH is 1. The Bertz CT molecular complexity index is 808. The first-order valence-corrected chi connectivity index (χ1v) is 7.46. The number of ether oxygens (including phenoxy) is 1. The maximum atomic E-state index is 10.5. The van der Waals surface area contributed by atoms with Crippen molar-refractivity contribution in [1.82, 2.24) is 9.38 Å². The minimum atomic E-state index is -0.558. The maximum absolute atomic E-state index is 10.5. The molecule has 0 fully saturated rings. The third-order valence-corrected chi connectivity index (χ3v) is 3.92. The molecule has 0 saturated carbocycles. The first-order chi connectivity index (χ1) is 10.7. The maximum Gasteiger partial charge on any atom is 0.137 e. The number of rotatable bonds is 4. The van der Waals surface area contributed by atoms with E-state index in [-0.39, 0.29) is 0 Å². The second kappa shape index (κ2) is 5.81. The lowest BCUT2D eigenvalue weighted by Gasteiger charge is -2.12. The minimum absolute atomic E-state index is 0.558. The second-order valence-electron chi connectivity index (χ2n) is 5.36. The summed E-state index contributed by atoms with van der Waals surface area (Å²) in [5.74, 6) is 0.781. The Labute approximate surface area is 130 Å². The zero-order chi connectivity index (χ0) is 15.7. The van der Waals surface area contributed by atoms with Gasteiger partial charge in [0.1, 0.15) is 11.4 Å². The van der Waals surface area contributed by atoms with Crippen molar-refractivity contribution >= 4 is 5.65 Å². The molecule has 3 rings (SSSR count). The van der Waals surface area contributed by atoms with Crippen LogP contribution in [0.25, 0.3) is 16.9 Å². The van der Waals surface area contributed by atoms with Gasteiger partial charge in [-0.1, -0.05) is 25.1 Å². The summed E-state index contributed by atoms with van der Waals surface area (Å²) in [6.07, 6.45) is 0.0799. The lowest BCUT2D eigenvalue weighted by molar-refractivity contribution is 0.168. The van der Waals surface area contributed by atoms with Gasteiger partial charge in [-0.15, -0.1) is 0 Å². The molecule has 1 unspecified atom stereocenters. The molecule has 22 heavy (non-hydrogen) atoms. The molecule has 0 aliphatic heterocycles. The first kappa shape index (κ1) is 14.6. The van der Waals surface area contributed by atoms with Gasteiger partial charge >= 0.3 is 0 Å². The lowest BCUT2D eigenvalue weighted by Crippen LogP contribution is -2.04. The summed E-state index contributed by atoms with van der Waals surface area (Å²) in [6, 6.07) is 13.7. The van der Waals surface area contributed by atoms with Crippen molar-refractivity contribution in [3.05, 3.63) is 53.9 Å². The van der Waals surface area contributed by atoms with E-state index in [1.165, 1.54) is 0 Å². The summed E-state index contributed by atoms with van der Waals surface area (Å²) in [4.78, 5) is 4.74. The number of fused-ring (bicyclic) bond motifs is 1. The number of methoxy groups -OCH3 is 1. The van der Waals surface area contributed by atoms with E-state index in [0.717, 1.165) is 34.0 Å². The molecule has 0 saturated heterocycles. The molecule has 114 valence electrons. The van der Waals surface area contributed by atoms with Crippen LogP contribution in [0.1, 0.15) is 30.8 Å². The fourth-order valence-corrected chi connectivity index (χ4v) is 2.76. The fraction of sp³-hybridized carbons (Fsp3) is 0.278. The second-order valence-corrected chi connectivity index (χ2v) is 5.36. The molecule has 1 atom stereocenters. The molecule has 1 N–H and O–H groups in total. The molecule has 0 amide bonds. The summed E-state index contributed by atoms with van der Waals surface area (Å²) < 4.78 is 7.33. The Morgan fingerprint density at radius 1 is 1.23 bits per heavy atom. The Morgan fingerprint density at radius 3 is 2.73 bits per heavy atom. The smallest absolute Gasteiger partial charge is 0.137 e. The van der Waals surface area contributed by atoms with Crippen LogP contribution >= 0.6 is 0 Å². The number of benzene rings is 1. The summed E-state index contributed by atoms with van der Waals surface area (Å²) in [5, 5.41) is 10.5. The van der Waals surface area contributed by atoms with Gasteiger partial charge in [0.05, 0.1) is 24.6 Å². The fourth-order valence-electron chi connectivity index (χ4n) is 2.76. The van der Waals surface area contributed by atoms with Gasteiger partial charge in [0.2, 0.25) is 0 Å². The van der Waals surface area contributed by atoms with Crippen LogP contribution in [0.2, 0.25) is 0 Å². The van der Waals surface area contributed by atoms with Gasteiger partial charge in [-0.2, -0.15) is 0 Å². The van der Waals surface area contributed by atoms with Crippen LogP contribution in [0.4, 0.5) is 0 Å². The molecule has 2 heterocycles. The predicted octanol–water partition coefficient (Wildman–Crippen LogP) is 3.76. The number of aryl methyl sites for hydroxylation is 1. The zero-order valence-electron chi connectivity index (χ0n) is 13.1. The van der Waals surface area contributed by atoms with Gasteiger partial charge in [-0.05, 0) is 37.6 Å². The number of imidazole rings is 1. The van der Waals surface area contributed by atoms with E-state index >= 15 is 0 Å². The Kier molecular flexibility index (Phi) is 3.86. The van der Waals surface area contributed by atoms with E-state index in [9.17, 15) is 5.11 Å². The van der Waals surface area contributed by atoms with Crippen molar-refractivity contribution in [2.75, 3.05) is 7.11 Å². The number of aliphatic hydroxyl groups is 1. The van der Waals surface area contributed by atoms with E-state index < -0.39 is 6.10 Å². The molecule has 0 aliphatic rings. The van der Waals surface area contributed by atoms with Crippen LogP contribution in [0.3, 0.4) is 0 Å². The highest BCUT2D eigenvalue weighted by molar-refractivity contribution is 5.68. The Morgan fingerprint density at radius 2 is 2.00 bits per heavy atom. The molecule has 0 radical (unpaired) electrons. The van der Waals surface area contributed by atoms with Crippen molar-refractivity contribution < 1.29 is 9.84 Å². The van der Waals surface area contributed by atoms with Gasteiger partial charge in [0.15, 0.2) is 0 Å². The molecule has 4 heteroatoms. The van der Waals surface area contributed by atoms with Gasteiger partial charge in [-0.25, -0.2) is 4.98 Å². The first-order valence-electron chi connectivity index (χ1n) is 7.46. The van der Waals surface area contributed by atoms with Crippen molar-refractivity contribution in [1.29, 1.82) is 0 Å². The highest BCUT2D eigenvalue weighted by Gasteiger charge is 2.20. The van der Waals surface area contributed by atoms with E-state index in [1.54, 1.807) is 7.11 Å². The number of nitrogens with zero attached hydrogens (tertiary/aromatic N) is 2. The Balaban J connectivity index is 2.30. The minimum Gasteiger partial charge on any atom is -0.497 e. The van der Waals surface area contributed by atoms with Crippen LogP contribution in [0.15, 0.2) is 42.5 Å². The van der Waals surface area contributed by atoms with Crippen LogP contribution in [0, 0.1) is 6.92 Å². The van der Waals surface area contributed by atoms with Crippen LogP contribution in [-0.4, -0.2) is 21.6 Å². The van der Waals surface area contributed by atoms with Crippen molar-refractivity contribution in [3.8, 4) is 17.0 Å². The summed E-state index contributed by atoms with van der Waals surface area (Å²) >= 11 is 0. The SMILES string of the molecule is CCC(O)c1c(-c2cccc(OC)c2)nc2cccc(C)n12. The van der Waals surface area contributed by atoms with E-state index in [4.69, 9.17) is 9.72 Å². The topological polar surface area (TPSA) is 46.8 Å². The van der Waals surface area contributed by atoms with E-state index in [1.807, 2.05) is 60.7 Å². The number of hydrogen-bond donors (Lipinski definition) is 1. The van der Waals surface area contributed by atoms with Crippen LogP contribution < -0.4 is 4.74 Å². The Hall–Kier alpha value is -2.33. The lowest BCUT2D eigenvalue weighted by atomic mass is 10.1. The van der Waals surface area contributed by atoms with Gasteiger partial charge in [0, 0.05) is 11.3 Å². The molecule has 4 nitrogen and oxygen atoms in total. The number of pyridine rings is 1. The predicted molar refractivity (Wildman–Crippen MR) is 87.2 cm³/mol. The number of hydrogen-bond acceptors (Lipinski definition) is 3. The normalized spacial score (nSPS) is 12.5. The quantitative estimate of drug-likeness (QED) is 0.797. The highest BCUT2D eigenvalue weighted by atomic mass is 16.5. The van der Waals surface area contributed by atoms with Gasteiger partial charge < -0.3 is 9.84 Å². The van der Waals surface area contributed by atoms with Crippen molar-refractivity contribution in [2.45, 2.75) is 26.4 Å². The van der Waals surface area contributed by atoms with E-state index in [2.05, 4.69) is 0 Å². The largest absolute Gasteiger partial charge is 0.497 e. The molecular weight excluding hydrogens is 276 g/mol. The van der Waals surface area contributed by atoms with Gasteiger partial charge in [0.25, 0.3) is 0 Å². The zero-order valence-corrected chi connectivity index (χ0v) is 13.1. The van der Waals surface area contributed by atoms with Crippen molar-refractivity contribution in [2.24, 2.45) is 0 Å². The summed E-state index contributed by atoms with van der Waals surface area (Å²) in [5.41, 5.74) is 4.50. The number of aromatic nitrogens is 2. The van der Waals surface area contributed by atoms with Crippen LogP contribution in [0.5, 0.6) is 5.75 Å². The summed E-state index contributed by atoms with van der Waals surface area (Å²) in [7, 11) is 1.65. The molecule has 0 spiro atoms. The highest BCUT2D eigenvalue weighted by Crippen LogP contribution is 2.32. The third kappa shape index (κ3) is 2.35.